The van der Waals surface area contributed by atoms with E-state index in [9.17, 15) is 14.4 Å². The van der Waals surface area contributed by atoms with Gasteiger partial charge in [-0.2, -0.15) is 0 Å². The number of ether oxygens (including phenoxy) is 1. The molecule has 1 aromatic carbocycles. The van der Waals surface area contributed by atoms with Crippen LogP contribution < -0.4 is 15.4 Å². The maximum Gasteiger partial charge on any atom is 0.325 e. The van der Waals surface area contributed by atoms with Gasteiger partial charge in [0.05, 0.1) is 13.7 Å². The van der Waals surface area contributed by atoms with Crippen LogP contribution in [0.4, 0.5) is 4.79 Å². The van der Waals surface area contributed by atoms with Crippen LogP contribution in [0.3, 0.4) is 0 Å². The molecule has 23 heavy (non-hydrogen) atoms. The van der Waals surface area contributed by atoms with Crippen molar-refractivity contribution in [2.24, 2.45) is 0 Å². The van der Waals surface area contributed by atoms with Gasteiger partial charge in [-0.15, -0.1) is 6.42 Å². The first-order valence-electron chi connectivity index (χ1n) is 6.91. The van der Waals surface area contributed by atoms with Crippen molar-refractivity contribution >= 4 is 17.8 Å². The molecule has 1 aliphatic heterocycles. The molecule has 0 spiro atoms. The number of urea groups is 1. The lowest BCUT2D eigenvalue weighted by Crippen LogP contribution is -2.43. The third kappa shape index (κ3) is 3.11. The minimum atomic E-state index is -1.23. The van der Waals surface area contributed by atoms with E-state index in [-0.39, 0.29) is 13.1 Å². The van der Waals surface area contributed by atoms with Crippen molar-refractivity contribution in [1.29, 1.82) is 0 Å². The average Bonchev–Trinajstić information content (AvgIpc) is 2.77. The number of rotatable bonds is 5. The molecule has 0 radical (unpaired) electrons. The summed E-state index contributed by atoms with van der Waals surface area (Å²) in [7, 11) is 1.54. The number of benzene rings is 1. The molecule has 1 heterocycles. The lowest BCUT2D eigenvalue weighted by atomic mass is 9.92. The SMILES string of the molecule is C#CCNC(=O)CN1C(=O)N[C@](C)(c2ccc(OC)cc2)C1=O. The van der Waals surface area contributed by atoms with Gasteiger partial charge in [-0.1, -0.05) is 18.1 Å². The second-order valence-electron chi connectivity index (χ2n) is 5.16. The highest BCUT2D eigenvalue weighted by atomic mass is 16.5. The summed E-state index contributed by atoms with van der Waals surface area (Å²) < 4.78 is 5.07. The third-order valence-electron chi connectivity index (χ3n) is 3.63. The van der Waals surface area contributed by atoms with E-state index < -0.39 is 23.4 Å². The van der Waals surface area contributed by atoms with Crippen LogP contribution in [0.15, 0.2) is 24.3 Å². The molecule has 0 bridgehead atoms. The summed E-state index contributed by atoms with van der Waals surface area (Å²) in [5.74, 6) is 1.90. The summed E-state index contributed by atoms with van der Waals surface area (Å²) in [5, 5.41) is 5.04. The van der Waals surface area contributed by atoms with Crippen LogP contribution in [-0.2, 0) is 15.1 Å². The maximum absolute atomic E-state index is 12.6. The molecule has 7 heteroatoms. The zero-order chi connectivity index (χ0) is 17.0. The summed E-state index contributed by atoms with van der Waals surface area (Å²) in [6, 6.07) is 6.16. The number of terminal acetylenes is 1. The molecule has 0 aromatic heterocycles. The van der Waals surface area contributed by atoms with Crippen LogP contribution in [0.25, 0.3) is 0 Å². The van der Waals surface area contributed by atoms with Crippen molar-refractivity contribution in [2.45, 2.75) is 12.5 Å². The van der Waals surface area contributed by atoms with Crippen molar-refractivity contribution < 1.29 is 19.1 Å². The van der Waals surface area contributed by atoms with E-state index >= 15 is 0 Å². The molecule has 4 amide bonds. The lowest BCUT2D eigenvalue weighted by Gasteiger charge is -2.22. The Hall–Kier alpha value is -3.01. The normalized spacial score (nSPS) is 20.0. The highest BCUT2D eigenvalue weighted by Crippen LogP contribution is 2.29. The van der Waals surface area contributed by atoms with E-state index in [2.05, 4.69) is 16.6 Å². The predicted octanol–water partition coefficient (Wildman–Crippen LogP) is 0.212. The smallest absolute Gasteiger partial charge is 0.325 e. The largest absolute Gasteiger partial charge is 0.497 e. The van der Waals surface area contributed by atoms with Gasteiger partial charge in [-0.3, -0.25) is 14.5 Å². The summed E-state index contributed by atoms with van der Waals surface area (Å²) in [5.41, 5.74) is -0.626. The fourth-order valence-corrected chi connectivity index (χ4v) is 2.31. The van der Waals surface area contributed by atoms with Crippen molar-refractivity contribution in [3.63, 3.8) is 0 Å². The molecule has 1 saturated heterocycles. The van der Waals surface area contributed by atoms with E-state index in [4.69, 9.17) is 11.2 Å². The molecule has 0 aliphatic carbocycles. The highest BCUT2D eigenvalue weighted by molar-refractivity contribution is 6.09. The number of amides is 4. The van der Waals surface area contributed by atoms with Gasteiger partial charge >= 0.3 is 6.03 Å². The van der Waals surface area contributed by atoms with Crippen LogP contribution in [0, 0.1) is 12.3 Å². The Morgan fingerprint density at radius 3 is 2.61 bits per heavy atom. The van der Waals surface area contributed by atoms with Gasteiger partial charge in [0.25, 0.3) is 5.91 Å². The molecule has 1 aromatic rings. The van der Waals surface area contributed by atoms with Gasteiger partial charge in [0.2, 0.25) is 5.91 Å². The number of nitrogens with zero attached hydrogens (tertiary/aromatic N) is 1. The molecular formula is C16H17N3O4. The minimum absolute atomic E-state index is 0.0399. The van der Waals surface area contributed by atoms with Crippen LogP contribution in [0.1, 0.15) is 12.5 Å². The Morgan fingerprint density at radius 2 is 2.04 bits per heavy atom. The molecule has 0 saturated carbocycles. The van der Waals surface area contributed by atoms with Crippen molar-refractivity contribution in [3.05, 3.63) is 29.8 Å². The molecule has 120 valence electrons. The monoisotopic (exact) mass is 315 g/mol. The van der Waals surface area contributed by atoms with Gasteiger partial charge in [0.1, 0.15) is 17.8 Å². The summed E-state index contributed by atoms with van der Waals surface area (Å²) in [6.45, 7) is 1.25. The molecule has 7 nitrogen and oxygen atoms in total. The van der Waals surface area contributed by atoms with Crippen molar-refractivity contribution in [1.82, 2.24) is 15.5 Å². The second-order valence-corrected chi connectivity index (χ2v) is 5.16. The van der Waals surface area contributed by atoms with Crippen molar-refractivity contribution in [3.8, 4) is 18.1 Å². The number of imide groups is 1. The zero-order valence-electron chi connectivity index (χ0n) is 12.9. The average molecular weight is 315 g/mol. The molecule has 2 rings (SSSR count). The summed E-state index contributed by atoms with van der Waals surface area (Å²) in [6.07, 6.45) is 5.05. The van der Waals surface area contributed by atoms with Crippen LogP contribution in [0.5, 0.6) is 5.75 Å². The molecule has 0 unspecified atom stereocenters. The van der Waals surface area contributed by atoms with Gasteiger partial charge < -0.3 is 15.4 Å². The highest BCUT2D eigenvalue weighted by Gasteiger charge is 2.49. The number of carbonyl (C=O) groups is 3. The van der Waals surface area contributed by atoms with E-state index in [0.29, 0.717) is 11.3 Å². The fourth-order valence-electron chi connectivity index (χ4n) is 2.31. The quantitative estimate of drug-likeness (QED) is 0.601. The van der Waals surface area contributed by atoms with Crippen LogP contribution in [-0.4, -0.2) is 42.9 Å². The standard InChI is InChI=1S/C16H17N3O4/c1-4-9-17-13(20)10-19-14(21)16(2,18-15(19)22)11-5-7-12(23-3)8-6-11/h1,5-8H,9-10H2,2-3H3,(H,17,20)(H,18,22)/t16-/m1/s1. The first kappa shape index (κ1) is 16.4. The molecule has 1 aliphatic rings. The number of nitrogens with one attached hydrogen (secondary N) is 2. The Bertz CT molecular complexity index is 678. The van der Waals surface area contributed by atoms with Crippen LogP contribution in [0.2, 0.25) is 0 Å². The van der Waals surface area contributed by atoms with Gasteiger partial charge in [0.15, 0.2) is 0 Å². The van der Waals surface area contributed by atoms with Crippen molar-refractivity contribution in [2.75, 3.05) is 20.2 Å². The first-order valence-corrected chi connectivity index (χ1v) is 6.91. The Morgan fingerprint density at radius 1 is 1.39 bits per heavy atom. The third-order valence-corrected chi connectivity index (χ3v) is 3.63. The number of hydrogen-bond donors (Lipinski definition) is 2. The number of hydrogen-bond acceptors (Lipinski definition) is 4. The minimum Gasteiger partial charge on any atom is -0.497 e. The van der Waals surface area contributed by atoms with Gasteiger partial charge in [0, 0.05) is 0 Å². The summed E-state index contributed by atoms with van der Waals surface area (Å²) in [4.78, 5) is 37.2. The Balaban J connectivity index is 2.18. The van der Waals surface area contributed by atoms with E-state index in [0.717, 1.165) is 4.90 Å². The van der Waals surface area contributed by atoms with Gasteiger partial charge in [-0.25, -0.2) is 4.79 Å². The van der Waals surface area contributed by atoms with E-state index in [1.807, 2.05) is 0 Å². The topological polar surface area (TPSA) is 87.7 Å². The van der Waals surface area contributed by atoms with Gasteiger partial charge in [-0.05, 0) is 24.6 Å². The zero-order valence-corrected chi connectivity index (χ0v) is 12.9. The second kappa shape index (κ2) is 6.40. The first-order chi connectivity index (χ1) is 10.9. The lowest BCUT2D eigenvalue weighted by molar-refractivity contribution is -0.134. The fraction of sp³-hybridized carbons (Fsp3) is 0.312. The molecule has 1 atom stereocenters. The summed E-state index contributed by atoms with van der Waals surface area (Å²) >= 11 is 0. The Kier molecular flexibility index (Phi) is 4.55. The maximum atomic E-state index is 12.6. The van der Waals surface area contributed by atoms with E-state index in [1.54, 1.807) is 31.2 Å². The van der Waals surface area contributed by atoms with E-state index in [1.165, 1.54) is 7.11 Å². The number of methoxy groups -OCH3 is 1. The molecule has 2 N–H and O–H groups in total. The molecular weight excluding hydrogens is 298 g/mol. The Labute approximate surface area is 134 Å². The number of carbonyl (C=O) groups excluding carboxylic acids is 3. The predicted molar refractivity (Wildman–Crippen MR) is 82.4 cm³/mol. The van der Waals surface area contributed by atoms with Crippen LogP contribution >= 0.6 is 0 Å². The molecule has 1 fully saturated rings.